The van der Waals surface area contributed by atoms with Crippen LogP contribution in [0.15, 0.2) is 18.2 Å². The van der Waals surface area contributed by atoms with Crippen molar-refractivity contribution in [1.29, 1.82) is 0 Å². The predicted octanol–water partition coefficient (Wildman–Crippen LogP) is 1.87. The molecular weight excluding hydrogens is 211 g/mol. The summed E-state index contributed by atoms with van der Waals surface area (Å²) in [6.07, 6.45) is 0. The van der Waals surface area contributed by atoms with E-state index < -0.39 is 17.3 Å². The van der Waals surface area contributed by atoms with Gasteiger partial charge in [-0.1, -0.05) is 0 Å². The maximum atomic E-state index is 13.1. The molecule has 1 aromatic carbocycles. The van der Waals surface area contributed by atoms with Crippen molar-refractivity contribution in [3.8, 4) is 0 Å². The minimum absolute atomic E-state index is 0.00768. The number of halogens is 1. The molecule has 0 aliphatic rings. The molecule has 0 radical (unpaired) electrons. The summed E-state index contributed by atoms with van der Waals surface area (Å²) in [5.74, 6) is -1.13. The lowest BCUT2D eigenvalue weighted by Crippen LogP contribution is -2.33. The Kier molecular flexibility index (Phi) is 3.49. The van der Waals surface area contributed by atoms with Crippen molar-refractivity contribution in [2.75, 3.05) is 5.73 Å². The van der Waals surface area contributed by atoms with Gasteiger partial charge in [0.2, 0.25) is 0 Å². The number of hydrogen-bond acceptors (Lipinski definition) is 3. The molecule has 0 fully saturated rings. The zero-order valence-corrected chi connectivity index (χ0v) is 9.50. The molecule has 1 rings (SSSR count). The van der Waals surface area contributed by atoms with Crippen molar-refractivity contribution in [1.82, 2.24) is 5.48 Å². The first-order valence-corrected chi connectivity index (χ1v) is 4.83. The van der Waals surface area contributed by atoms with Gasteiger partial charge in [-0.2, -0.15) is 0 Å². The Labute approximate surface area is 93.5 Å². The van der Waals surface area contributed by atoms with E-state index in [4.69, 9.17) is 10.6 Å². The van der Waals surface area contributed by atoms with Crippen LogP contribution in [0.5, 0.6) is 0 Å². The molecule has 3 N–H and O–H groups in total. The van der Waals surface area contributed by atoms with Crippen molar-refractivity contribution >= 4 is 11.6 Å². The van der Waals surface area contributed by atoms with Crippen LogP contribution >= 0.6 is 0 Å². The fourth-order valence-corrected chi connectivity index (χ4v) is 0.927. The molecular formula is C11H15FN2O2. The van der Waals surface area contributed by atoms with E-state index in [-0.39, 0.29) is 11.3 Å². The lowest BCUT2D eigenvalue weighted by molar-refractivity contribution is -0.0589. The molecule has 0 saturated heterocycles. The van der Waals surface area contributed by atoms with E-state index in [1.165, 1.54) is 12.1 Å². The van der Waals surface area contributed by atoms with Gasteiger partial charge in [0.1, 0.15) is 5.82 Å². The number of nitrogens with one attached hydrogen (secondary N) is 1. The van der Waals surface area contributed by atoms with E-state index in [9.17, 15) is 9.18 Å². The Hall–Kier alpha value is -1.62. The number of hydrogen-bond donors (Lipinski definition) is 2. The summed E-state index contributed by atoms with van der Waals surface area (Å²) in [5.41, 5.74) is 7.21. The topological polar surface area (TPSA) is 64.3 Å². The summed E-state index contributed by atoms with van der Waals surface area (Å²) in [6.45, 7) is 5.37. The highest BCUT2D eigenvalue weighted by Crippen LogP contribution is 2.12. The van der Waals surface area contributed by atoms with Gasteiger partial charge in [0, 0.05) is 5.56 Å². The van der Waals surface area contributed by atoms with Gasteiger partial charge >= 0.3 is 0 Å². The van der Waals surface area contributed by atoms with Gasteiger partial charge in [0.25, 0.3) is 5.91 Å². The number of carbonyl (C=O) groups excluding carboxylic acids is 1. The number of benzene rings is 1. The highest BCUT2D eigenvalue weighted by atomic mass is 19.1. The van der Waals surface area contributed by atoms with Crippen LogP contribution in [0, 0.1) is 5.82 Å². The molecule has 0 atom stereocenters. The normalized spacial score (nSPS) is 11.2. The van der Waals surface area contributed by atoms with Crippen LogP contribution in [0.2, 0.25) is 0 Å². The number of anilines is 1. The van der Waals surface area contributed by atoms with E-state index in [1.54, 1.807) is 20.8 Å². The average molecular weight is 226 g/mol. The third-order valence-corrected chi connectivity index (χ3v) is 1.71. The molecule has 0 aliphatic heterocycles. The molecule has 1 amide bonds. The zero-order chi connectivity index (χ0) is 12.3. The van der Waals surface area contributed by atoms with Crippen LogP contribution in [-0.2, 0) is 4.84 Å². The summed E-state index contributed by atoms with van der Waals surface area (Å²) >= 11 is 0. The minimum atomic E-state index is -0.622. The van der Waals surface area contributed by atoms with Crippen molar-refractivity contribution in [2.24, 2.45) is 0 Å². The van der Waals surface area contributed by atoms with Gasteiger partial charge in [0.05, 0.1) is 11.3 Å². The van der Waals surface area contributed by atoms with Gasteiger partial charge in [0.15, 0.2) is 0 Å². The Morgan fingerprint density at radius 2 is 2.06 bits per heavy atom. The van der Waals surface area contributed by atoms with E-state index in [2.05, 4.69) is 5.48 Å². The molecule has 0 spiro atoms. The summed E-state index contributed by atoms with van der Waals surface area (Å²) < 4.78 is 13.1. The van der Waals surface area contributed by atoms with Gasteiger partial charge in [-0.25, -0.2) is 9.87 Å². The molecule has 0 aliphatic carbocycles. The summed E-state index contributed by atoms with van der Waals surface area (Å²) in [6, 6.07) is 3.83. The second-order valence-electron chi connectivity index (χ2n) is 4.38. The highest BCUT2D eigenvalue weighted by Gasteiger charge is 2.14. The van der Waals surface area contributed by atoms with Gasteiger partial charge in [-0.15, -0.1) is 0 Å². The fourth-order valence-electron chi connectivity index (χ4n) is 0.927. The molecule has 1 aromatic rings. The Bertz CT molecular complexity index is 399. The first kappa shape index (κ1) is 12.4. The van der Waals surface area contributed by atoms with Gasteiger partial charge < -0.3 is 5.73 Å². The van der Waals surface area contributed by atoms with Gasteiger partial charge in [-0.05, 0) is 39.0 Å². The number of hydroxylamine groups is 1. The molecule has 16 heavy (non-hydrogen) atoms. The SMILES string of the molecule is CC(C)(C)ONC(=O)c1ccc(N)c(F)c1. The smallest absolute Gasteiger partial charge is 0.274 e. The second-order valence-corrected chi connectivity index (χ2v) is 4.38. The average Bonchev–Trinajstić information content (AvgIpc) is 2.17. The summed E-state index contributed by atoms with van der Waals surface area (Å²) in [5, 5.41) is 0. The monoisotopic (exact) mass is 226 g/mol. The van der Waals surface area contributed by atoms with E-state index in [1.807, 2.05) is 0 Å². The van der Waals surface area contributed by atoms with Crippen molar-refractivity contribution < 1.29 is 14.0 Å². The minimum Gasteiger partial charge on any atom is -0.396 e. The van der Waals surface area contributed by atoms with E-state index in [0.717, 1.165) is 6.07 Å². The predicted molar refractivity (Wildman–Crippen MR) is 59.1 cm³/mol. The number of amides is 1. The molecule has 0 heterocycles. The third-order valence-electron chi connectivity index (χ3n) is 1.71. The maximum Gasteiger partial charge on any atom is 0.274 e. The van der Waals surface area contributed by atoms with Crippen LogP contribution < -0.4 is 11.2 Å². The summed E-state index contributed by atoms with van der Waals surface area (Å²) in [7, 11) is 0. The highest BCUT2D eigenvalue weighted by molar-refractivity contribution is 5.93. The van der Waals surface area contributed by atoms with Gasteiger partial charge in [-0.3, -0.25) is 9.63 Å². The molecule has 0 saturated carbocycles. The van der Waals surface area contributed by atoms with Crippen molar-refractivity contribution in [3.63, 3.8) is 0 Å². The lowest BCUT2D eigenvalue weighted by Gasteiger charge is -2.18. The van der Waals surface area contributed by atoms with Crippen LogP contribution in [0.3, 0.4) is 0 Å². The van der Waals surface area contributed by atoms with E-state index in [0.29, 0.717) is 0 Å². The lowest BCUT2D eigenvalue weighted by atomic mass is 10.2. The van der Waals surface area contributed by atoms with E-state index >= 15 is 0 Å². The zero-order valence-electron chi connectivity index (χ0n) is 9.50. The first-order chi connectivity index (χ1) is 7.29. The van der Waals surface area contributed by atoms with Crippen LogP contribution in [0.25, 0.3) is 0 Å². The Morgan fingerprint density at radius 1 is 1.44 bits per heavy atom. The molecule has 0 bridgehead atoms. The Balaban J connectivity index is 2.70. The quantitative estimate of drug-likeness (QED) is 0.597. The second kappa shape index (κ2) is 4.49. The molecule has 4 nitrogen and oxygen atoms in total. The molecule has 5 heteroatoms. The standard InChI is InChI=1S/C11H15FN2O2/c1-11(2,3)16-14-10(15)7-4-5-9(13)8(12)6-7/h4-6H,13H2,1-3H3,(H,14,15). The molecule has 0 unspecified atom stereocenters. The number of rotatable bonds is 2. The Morgan fingerprint density at radius 3 is 2.56 bits per heavy atom. The van der Waals surface area contributed by atoms with Crippen molar-refractivity contribution in [2.45, 2.75) is 26.4 Å². The number of nitrogen functional groups attached to an aromatic ring is 1. The summed E-state index contributed by atoms with van der Waals surface area (Å²) in [4.78, 5) is 16.6. The first-order valence-electron chi connectivity index (χ1n) is 4.83. The maximum absolute atomic E-state index is 13.1. The number of carbonyl (C=O) groups is 1. The van der Waals surface area contributed by atoms with Crippen LogP contribution in [0.4, 0.5) is 10.1 Å². The fraction of sp³-hybridized carbons (Fsp3) is 0.364. The third kappa shape index (κ3) is 3.51. The molecule has 88 valence electrons. The molecule has 0 aromatic heterocycles. The number of nitrogens with two attached hydrogens (primary N) is 1. The largest absolute Gasteiger partial charge is 0.396 e. The van der Waals surface area contributed by atoms with Crippen LogP contribution in [0.1, 0.15) is 31.1 Å². The van der Waals surface area contributed by atoms with Crippen LogP contribution in [-0.4, -0.2) is 11.5 Å². The van der Waals surface area contributed by atoms with Crippen molar-refractivity contribution in [3.05, 3.63) is 29.6 Å².